The van der Waals surface area contributed by atoms with Crippen LogP contribution in [0.5, 0.6) is 0 Å². The number of hydrogen-bond donors (Lipinski definition) is 1. The van der Waals surface area contributed by atoms with Gasteiger partial charge in [-0.3, -0.25) is 10.1 Å². The van der Waals surface area contributed by atoms with Crippen molar-refractivity contribution in [3.8, 4) is 0 Å². The van der Waals surface area contributed by atoms with Crippen LogP contribution < -0.4 is 5.32 Å². The number of aryl methyl sites for hydroxylation is 2. The maximum Gasteiger partial charge on any atom is 0.241 e. The zero-order valence-corrected chi connectivity index (χ0v) is 14.3. The summed E-state index contributed by atoms with van der Waals surface area (Å²) in [6.45, 7) is 7.14. The number of nitrogens with zero attached hydrogens (tertiary/aromatic N) is 1. The fraction of sp³-hybridized carbons (Fsp3) is 0.588. The minimum absolute atomic E-state index is 0.0323. The van der Waals surface area contributed by atoms with Crippen LogP contribution in [0.4, 0.5) is 0 Å². The zero-order chi connectivity index (χ0) is 15.4. The molecular formula is C17H26N2OS. The highest BCUT2D eigenvalue weighted by Crippen LogP contribution is 2.29. The summed E-state index contributed by atoms with van der Waals surface area (Å²) in [5.74, 6) is 1.35. The van der Waals surface area contributed by atoms with Gasteiger partial charge in [-0.25, -0.2) is 0 Å². The second kappa shape index (κ2) is 7.32. The number of hydrogen-bond acceptors (Lipinski definition) is 3. The summed E-state index contributed by atoms with van der Waals surface area (Å²) in [6.07, 6.45) is 4.04. The van der Waals surface area contributed by atoms with Gasteiger partial charge in [0.15, 0.2) is 0 Å². The fourth-order valence-electron chi connectivity index (χ4n) is 2.98. The number of rotatable bonds is 6. The normalized spacial score (nSPS) is 22.1. The van der Waals surface area contributed by atoms with Crippen molar-refractivity contribution in [2.75, 3.05) is 18.6 Å². The summed E-state index contributed by atoms with van der Waals surface area (Å²) >= 11 is 1.84. The molecule has 1 saturated heterocycles. The second-order valence-electron chi connectivity index (χ2n) is 5.77. The number of nitrogens with one attached hydrogen (secondary N) is 1. The first kappa shape index (κ1) is 16.4. The van der Waals surface area contributed by atoms with Gasteiger partial charge in [0.25, 0.3) is 0 Å². The van der Waals surface area contributed by atoms with Gasteiger partial charge in [-0.05, 0) is 49.8 Å². The molecule has 1 fully saturated rings. The van der Waals surface area contributed by atoms with Crippen LogP contribution >= 0.6 is 11.8 Å². The fourth-order valence-corrected chi connectivity index (χ4v) is 3.40. The number of amides is 1. The van der Waals surface area contributed by atoms with E-state index in [4.69, 9.17) is 0 Å². The van der Waals surface area contributed by atoms with E-state index in [1.54, 1.807) is 0 Å². The SMILES string of the molecule is CCC1NC(c2ccc(C)cc2C)N(CCCSC)C1=O. The number of benzene rings is 1. The van der Waals surface area contributed by atoms with Gasteiger partial charge in [-0.2, -0.15) is 11.8 Å². The Morgan fingerprint density at radius 3 is 2.71 bits per heavy atom. The van der Waals surface area contributed by atoms with Crippen molar-refractivity contribution in [1.29, 1.82) is 0 Å². The highest BCUT2D eigenvalue weighted by Gasteiger charge is 2.38. The van der Waals surface area contributed by atoms with E-state index in [-0.39, 0.29) is 18.1 Å². The first-order valence-corrected chi connectivity index (χ1v) is 9.10. The lowest BCUT2D eigenvalue weighted by Gasteiger charge is -2.26. The van der Waals surface area contributed by atoms with Crippen LogP contribution in [0.1, 0.15) is 42.6 Å². The van der Waals surface area contributed by atoms with Crippen molar-refractivity contribution in [3.05, 3.63) is 34.9 Å². The topological polar surface area (TPSA) is 32.3 Å². The lowest BCUT2D eigenvalue weighted by molar-refractivity contribution is -0.130. The Bertz CT molecular complexity index is 504. The van der Waals surface area contributed by atoms with Gasteiger partial charge in [-0.1, -0.05) is 30.7 Å². The van der Waals surface area contributed by atoms with Crippen LogP contribution in [-0.4, -0.2) is 35.4 Å². The van der Waals surface area contributed by atoms with Crippen LogP contribution in [0, 0.1) is 13.8 Å². The largest absolute Gasteiger partial charge is 0.322 e. The van der Waals surface area contributed by atoms with Gasteiger partial charge < -0.3 is 4.90 Å². The number of thioether (sulfide) groups is 1. The molecule has 1 N–H and O–H groups in total. The second-order valence-corrected chi connectivity index (χ2v) is 6.75. The average molecular weight is 306 g/mol. The highest BCUT2D eigenvalue weighted by atomic mass is 32.2. The smallest absolute Gasteiger partial charge is 0.241 e. The van der Waals surface area contributed by atoms with E-state index in [1.165, 1.54) is 16.7 Å². The predicted octanol–water partition coefficient (Wildman–Crippen LogP) is 3.27. The molecule has 3 nitrogen and oxygen atoms in total. The van der Waals surface area contributed by atoms with Crippen LogP contribution in [0.25, 0.3) is 0 Å². The van der Waals surface area contributed by atoms with Gasteiger partial charge in [0, 0.05) is 6.54 Å². The summed E-state index contributed by atoms with van der Waals surface area (Å²) in [7, 11) is 0. The van der Waals surface area contributed by atoms with Crippen molar-refractivity contribution < 1.29 is 4.79 Å². The van der Waals surface area contributed by atoms with Gasteiger partial charge in [0.1, 0.15) is 6.17 Å². The summed E-state index contributed by atoms with van der Waals surface area (Å²) in [5, 5.41) is 3.51. The molecule has 1 amide bonds. The summed E-state index contributed by atoms with van der Waals surface area (Å²) in [4.78, 5) is 14.6. The Morgan fingerprint density at radius 1 is 1.33 bits per heavy atom. The minimum atomic E-state index is -0.0371. The lowest BCUT2D eigenvalue weighted by Crippen LogP contribution is -2.32. The quantitative estimate of drug-likeness (QED) is 0.819. The van der Waals surface area contributed by atoms with Crippen LogP contribution in [-0.2, 0) is 4.79 Å². The summed E-state index contributed by atoms with van der Waals surface area (Å²) < 4.78 is 0. The molecule has 2 unspecified atom stereocenters. The molecule has 1 aromatic rings. The third-order valence-corrected chi connectivity index (χ3v) is 4.82. The van der Waals surface area contributed by atoms with E-state index in [1.807, 2.05) is 16.7 Å². The van der Waals surface area contributed by atoms with Crippen LogP contribution in [0.15, 0.2) is 18.2 Å². The van der Waals surface area contributed by atoms with E-state index in [2.05, 4.69) is 50.5 Å². The van der Waals surface area contributed by atoms with E-state index < -0.39 is 0 Å². The third-order valence-electron chi connectivity index (χ3n) is 4.13. The average Bonchev–Trinajstić information content (AvgIpc) is 2.76. The first-order chi connectivity index (χ1) is 10.1. The van der Waals surface area contributed by atoms with Gasteiger partial charge >= 0.3 is 0 Å². The van der Waals surface area contributed by atoms with Crippen LogP contribution in [0.3, 0.4) is 0 Å². The molecule has 1 aromatic carbocycles. The molecule has 116 valence electrons. The Balaban J connectivity index is 2.23. The van der Waals surface area contributed by atoms with Crippen LogP contribution in [0.2, 0.25) is 0 Å². The lowest BCUT2D eigenvalue weighted by atomic mass is 10.0. The maximum atomic E-state index is 12.5. The zero-order valence-electron chi connectivity index (χ0n) is 13.5. The number of carbonyl (C=O) groups is 1. The molecule has 21 heavy (non-hydrogen) atoms. The molecule has 0 radical (unpaired) electrons. The number of carbonyl (C=O) groups excluding carboxylic acids is 1. The molecule has 2 rings (SSSR count). The molecule has 0 spiro atoms. The molecular weight excluding hydrogens is 280 g/mol. The Morgan fingerprint density at radius 2 is 2.10 bits per heavy atom. The third kappa shape index (κ3) is 3.61. The van der Waals surface area contributed by atoms with Crippen molar-refractivity contribution in [3.63, 3.8) is 0 Å². The first-order valence-electron chi connectivity index (χ1n) is 7.71. The van der Waals surface area contributed by atoms with E-state index in [0.29, 0.717) is 0 Å². The molecule has 0 saturated carbocycles. The molecule has 0 aliphatic carbocycles. The van der Waals surface area contributed by atoms with Gasteiger partial charge in [-0.15, -0.1) is 0 Å². The molecule has 0 bridgehead atoms. The van der Waals surface area contributed by atoms with E-state index in [0.717, 1.165) is 25.1 Å². The molecule has 0 aromatic heterocycles. The highest BCUT2D eigenvalue weighted by molar-refractivity contribution is 7.98. The van der Waals surface area contributed by atoms with E-state index >= 15 is 0 Å². The Labute approximate surface area is 132 Å². The molecule has 2 atom stereocenters. The minimum Gasteiger partial charge on any atom is -0.322 e. The summed E-state index contributed by atoms with van der Waals surface area (Å²) in [5.41, 5.74) is 3.75. The Kier molecular flexibility index (Phi) is 5.71. The molecule has 1 heterocycles. The predicted molar refractivity (Wildman–Crippen MR) is 90.6 cm³/mol. The van der Waals surface area contributed by atoms with Gasteiger partial charge in [0.2, 0.25) is 5.91 Å². The molecule has 4 heteroatoms. The molecule has 1 aliphatic rings. The summed E-state index contributed by atoms with van der Waals surface area (Å²) in [6, 6.07) is 6.45. The van der Waals surface area contributed by atoms with Gasteiger partial charge in [0.05, 0.1) is 6.04 Å². The van der Waals surface area contributed by atoms with Crippen molar-refractivity contribution in [1.82, 2.24) is 10.2 Å². The maximum absolute atomic E-state index is 12.5. The molecule has 1 aliphatic heterocycles. The van der Waals surface area contributed by atoms with Crippen molar-refractivity contribution in [2.24, 2.45) is 0 Å². The van der Waals surface area contributed by atoms with E-state index in [9.17, 15) is 4.79 Å². The van der Waals surface area contributed by atoms with Crippen molar-refractivity contribution in [2.45, 2.75) is 45.8 Å². The monoisotopic (exact) mass is 306 g/mol. The standard InChI is InChI=1S/C17H26N2OS/c1-5-15-17(20)19(9-6-10-21-4)16(18-15)14-8-7-12(2)11-13(14)3/h7-8,11,15-16,18H,5-6,9-10H2,1-4H3. The van der Waals surface area contributed by atoms with Crippen molar-refractivity contribution >= 4 is 17.7 Å². The Hall–Kier alpha value is -1.00.